The summed E-state index contributed by atoms with van der Waals surface area (Å²) < 4.78 is 18.8. The van der Waals surface area contributed by atoms with Gasteiger partial charge in [-0.05, 0) is 31.0 Å². The van der Waals surface area contributed by atoms with Crippen molar-refractivity contribution in [3.05, 3.63) is 41.4 Å². The third-order valence-corrected chi connectivity index (χ3v) is 4.26. The Morgan fingerprint density at radius 2 is 2.08 bits per heavy atom. The highest BCUT2D eigenvalue weighted by Crippen LogP contribution is 2.36. The molecule has 0 N–H and O–H groups in total. The van der Waals surface area contributed by atoms with Crippen LogP contribution in [0, 0.1) is 5.92 Å². The van der Waals surface area contributed by atoms with E-state index in [1.165, 1.54) is 0 Å². The Morgan fingerprint density at radius 3 is 2.79 bits per heavy atom. The normalized spacial score (nSPS) is 20.7. The third-order valence-electron chi connectivity index (χ3n) is 4.03. The lowest BCUT2D eigenvalue weighted by atomic mass is 10.2. The van der Waals surface area contributed by atoms with Crippen molar-refractivity contribution in [2.45, 2.75) is 39.9 Å². The quantitative estimate of drug-likeness (QED) is 0.667. The van der Waals surface area contributed by atoms with Crippen molar-refractivity contribution in [3.63, 3.8) is 0 Å². The van der Waals surface area contributed by atoms with Crippen LogP contribution in [0.1, 0.15) is 32.8 Å². The Balaban J connectivity index is 1.77. The number of fused-ring (bicyclic) bond motifs is 1. The predicted octanol–water partition coefficient (Wildman–Crippen LogP) is 5.00. The summed E-state index contributed by atoms with van der Waals surface area (Å²) in [6.45, 7) is 7.14. The maximum Gasteiger partial charge on any atom is 0.228 e. The zero-order chi connectivity index (χ0) is 16.8. The molecule has 3 heterocycles. The van der Waals surface area contributed by atoms with Crippen LogP contribution in [-0.2, 0) is 16.0 Å². The van der Waals surface area contributed by atoms with Crippen molar-refractivity contribution in [2.75, 3.05) is 0 Å². The lowest BCUT2D eigenvalue weighted by Gasteiger charge is -2.31. The number of ether oxygens (including phenoxy) is 2. The summed E-state index contributed by atoms with van der Waals surface area (Å²) in [4.78, 5) is 4.54. The average molecular weight is 347 g/mol. The van der Waals surface area contributed by atoms with Gasteiger partial charge >= 0.3 is 0 Å². The van der Waals surface area contributed by atoms with Gasteiger partial charge in [0.1, 0.15) is 12.0 Å². The number of halogens is 1. The zero-order valence-electron chi connectivity index (χ0n) is 13.8. The summed E-state index contributed by atoms with van der Waals surface area (Å²) in [5.41, 5.74) is 2.69. The van der Waals surface area contributed by atoms with Crippen LogP contribution in [0.5, 0.6) is 0 Å². The molecular weight excluding hydrogens is 328 g/mol. The Bertz CT molecular complexity index is 878. The zero-order valence-corrected chi connectivity index (χ0v) is 14.6. The molecule has 0 aliphatic carbocycles. The van der Waals surface area contributed by atoms with Gasteiger partial charge < -0.3 is 18.5 Å². The van der Waals surface area contributed by atoms with Crippen LogP contribution in [0.25, 0.3) is 22.4 Å². The molecule has 0 atom stereocenters. The molecule has 0 radical (unpaired) electrons. The Hall–Kier alpha value is -1.82. The summed E-state index contributed by atoms with van der Waals surface area (Å²) in [6, 6.07) is 5.89. The second-order valence-electron chi connectivity index (χ2n) is 6.50. The Labute approximate surface area is 145 Å². The molecule has 24 heavy (non-hydrogen) atoms. The van der Waals surface area contributed by atoms with Gasteiger partial charge in [0, 0.05) is 28.7 Å². The first-order valence-corrected chi connectivity index (χ1v) is 8.44. The highest BCUT2D eigenvalue weighted by atomic mass is 35.5. The van der Waals surface area contributed by atoms with Crippen molar-refractivity contribution < 1.29 is 13.9 Å². The van der Waals surface area contributed by atoms with Crippen LogP contribution < -0.4 is 0 Å². The van der Waals surface area contributed by atoms with E-state index in [-0.39, 0.29) is 6.29 Å². The molecule has 0 bridgehead atoms. The second kappa shape index (κ2) is 5.92. The first-order chi connectivity index (χ1) is 11.5. The summed E-state index contributed by atoms with van der Waals surface area (Å²) in [5.74, 6) is 1.08. The number of hydrogen-bond acceptors (Lipinski definition) is 4. The standard InChI is InChI=1S/C18H19ClN2O3/c1-10(2)7-21-8-14(13-6-12(19)4-5-16(13)21)17-20-15(9-22-17)18-23-11(3)24-18/h4-6,8-11,18H,7H2,1-3H3. The summed E-state index contributed by atoms with van der Waals surface area (Å²) >= 11 is 6.20. The molecule has 0 unspecified atom stereocenters. The maximum absolute atomic E-state index is 6.20. The fourth-order valence-corrected chi connectivity index (χ4v) is 3.17. The smallest absolute Gasteiger partial charge is 0.228 e. The number of nitrogens with zero attached hydrogens (tertiary/aromatic N) is 2. The topological polar surface area (TPSA) is 49.4 Å². The average Bonchev–Trinajstić information content (AvgIpc) is 3.08. The summed E-state index contributed by atoms with van der Waals surface area (Å²) in [7, 11) is 0. The van der Waals surface area contributed by atoms with Crippen LogP contribution in [0.3, 0.4) is 0 Å². The van der Waals surface area contributed by atoms with Crippen molar-refractivity contribution >= 4 is 22.5 Å². The lowest BCUT2D eigenvalue weighted by molar-refractivity contribution is -0.383. The number of rotatable bonds is 4. The van der Waals surface area contributed by atoms with E-state index >= 15 is 0 Å². The molecule has 1 saturated heterocycles. The molecule has 5 nitrogen and oxygen atoms in total. The number of benzene rings is 1. The minimum absolute atomic E-state index is 0.193. The lowest BCUT2D eigenvalue weighted by Crippen LogP contribution is -2.31. The fourth-order valence-electron chi connectivity index (χ4n) is 3.00. The molecule has 0 amide bonds. The maximum atomic E-state index is 6.20. The predicted molar refractivity (Wildman–Crippen MR) is 91.7 cm³/mol. The SMILES string of the molecule is CC(C)Cn1cc(-c2nc(C3OC(C)O3)co2)c2cc(Cl)ccc21. The van der Waals surface area contributed by atoms with Crippen LogP contribution in [0.2, 0.25) is 5.02 Å². The van der Waals surface area contributed by atoms with Gasteiger partial charge in [-0.3, -0.25) is 0 Å². The van der Waals surface area contributed by atoms with Gasteiger partial charge in [0.05, 0.1) is 5.56 Å². The molecule has 0 spiro atoms. The fraction of sp³-hybridized carbons (Fsp3) is 0.389. The summed E-state index contributed by atoms with van der Waals surface area (Å²) in [5, 5.41) is 1.72. The number of hydrogen-bond donors (Lipinski definition) is 0. The van der Waals surface area contributed by atoms with E-state index in [0.29, 0.717) is 22.5 Å². The molecule has 1 aliphatic rings. The van der Waals surface area contributed by atoms with E-state index in [1.54, 1.807) is 6.26 Å². The molecule has 1 fully saturated rings. The van der Waals surface area contributed by atoms with Gasteiger partial charge in [0.2, 0.25) is 12.2 Å². The van der Waals surface area contributed by atoms with E-state index in [4.69, 9.17) is 25.5 Å². The third kappa shape index (κ3) is 2.73. The monoisotopic (exact) mass is 346 g/mol. The van der Waals surface area contributed by atoms with Gasteiger partial charge in [0.25, 0.3) is 0 Å². The van der Waals surface area contributed by atoms with E-state index in [9.17, 15) is 0 Å². The molecule has 6 heteroatoms. The largest absolute Gasteiger partial charge is 0.444 e. The number of oxazole rings is 1. The highest BCUT2D eigenvalue weighted by Gasteiger charge is 2.31. The minimum atomic E-state index is -0.440. The van der Waals surface area contributed by atoms with Crippen LogP contribution >= 0.6 is 11.6 Å². The van der Waals surface area contributed by atoms with E-state index in [2.05, 4.69) is 29.6 Å². The second-order valence-corrected chi connectivity index (χ2v) is 6.94. The molecule has 0 saturated carbocycles. The minimum Gasteiger partial charge on any atom is -0.444 e. The molecular formula is C18H19ClN2O3. The Kier molecular flexibility index (Phi) is 3.87. The van der Waals surface area contributed by atoms with Gasteiger partial charge in [0.15, 0.2) is 6.29 Å². The van der Waals surface area contributed by atoms with Crippen molar-refractivity contribution in [3.8, 4) is 11.5 Å². The summed E-state index contributed by atoms with van der Waals surface area (Å²) in [6.07, 6.45) is 3.02. The van der Waals surface area contributed by atoms with Crippen molar-refractivity contribution in [1.29, 1.82) is 0 Å². The Morgan fingerprint density at radius 1 is 1.29 bits per heavy atom. The molecule has 1 aliphatic heterocycles. The van der Waals surface area contributed by atoms with Crippen molar-refractivity contribution in [2.24, 2.45) is 5.92 Å². The van der Waals surface area contributed by atoms with E-state index < -0.39 is 6.29 Å². The van der Waals surface area contributed by atoms with Gasteiger partial charge in [-0.15, -0.1) is 0 Å². The molecule has 2 aromatic heterocycles. The number of aromatic nitrogens is 2. The molecule has 126 valence electrons. The highest BCUT2D eigenvalue weighted by molar-refractivity contribution is 6.31. The van der Waals surface area contributed by atoms with E-state index in [1.807, 2.05) is 25.1 Å². The first kappa shape index (κ1) is 15.7. The van der Waals surface area contributed by atoms with Crippen molar-refractivity contribution in [1.82, 2.24) is 9.55 Å². The van der Waals surface area contributed by atoms with E-state index in [0.717, 1.165) is 23.0 Å². The van der Waals surface area contributed by atoms with Gasteiger partial charge in [-0.2, -0.15) is 0 Å². The van der Waals surface area contributed by atoms with Gasteiger partial charge in [-0.1, -0.05) is 25.4 Å². The van der Waals surface area contributed by atoms with Crippen LogP contribution in [0.15, 0.2) is 35.1 Å². The van der Waals surface area contributed by atoms with Crippen LogP contribution in [-0.4, -0.2) is 15.8 Å². The van der Waals surface area contributed by atoms with Crippen LogP contribution in [0.4, 0.5) is 0 Å². The van der Waals surface area contributed by atoms with Gasteiger partial charge in [-0.25, -0.2) is 4.98 Å². The molecule has 4 rings (SSSR count). The molecule has 3 aromatic rings. The first-order valence-electron chi connectivity index (χ1n) is 8.06. The molecule has 1 aromatic carbocycles.